The first kappa shape index (κ1) is 11.1. The summed E-state index contributed by atoms with van der Waals surface area (Å²) in [6.07, 6.45) is 2.53. The van der Waals surface area contributed by atoms with Crippen molar-refractivity contribution < 1.29 is 4.79 Å². The van der Waals surface area contributed by atoms with Crippen LogP contribution in [0.3, 0.4) is 0 Å². The molecule has 0 radical (unpaired) electrons. The van der Waals surface area contributed by atoms with Gasteiger partial charge in [-0.2, -0.15) is 0 Å². The maximum atomic E-state index is 11.8. The number of likely N-dealkylation sites (tertiary alicyclic amines) is 1. The molecule has 2 amide bonds. The monoisotopic (exact) mass is 222 g/mol. The number of rotatable bonds is 2. The summed E-state index contributed by atoms with van der Waals surface area (Å²) in [6.45, 7) is 7.01. The van der Waals surface area contributed by atoms with Crippen LogP contribution in [0.4, 0.5) is 4.79 Å². The van der Waals surface area contributed by atoms with E-state index in [1.54, 1.807) is 11.0 Å². The molecule has 2 rings (SSSR count). The fourth-order valence-corrected chi connectivity index (χ4v) is 2.66. The van der Waals surface area contributed by atoms with Gasteiger partial charge in [0.15, 0.2) is 0 Å². The molecule has 2 aliphatic rings. The molecule has 0 aliphatic carbocycles. The van der Waals surface area contributed by atoms with E-state index in [1.165, 1.54) is 0 Å². The third kappa shape index (κ3) is 1.35. The molecular formula is C11H18N4O. The minimum absolute atomic E-state index is 0.174. The summed E-state index contributed by atoms with van der Waals surface area (Å²) < 4.78 is 0. The molecule has 2 N–H and O–H groups in total. The van der Waals surface area contributed by atoms with Crippen molar-refractivity contribution in [1.82, 2.24) is 15.1 Å². The van der Waals surface area contributed by atoms with Crippen LogP contribution in [0.1, 0.15) is 13.3 Å². The zero-order chi connectivity index (χ0) is 11.9. The van der Waals surface area contributed by atoms with Crippen LogP contribution in [0.25, 0.3) is 0 Å². The molecule has 16 heavy (non-hydrogen) atoms. The van der Waals surface area contributed by atoms with Gasteiger partial charge in [0.2, 0.25) is 0 Å². The SMILES string of the molecule is C=CCN1C(=O)NC(=N)C12CC(C)N(C)C2. The van der Waals surface area contributed by atoms with Gasteiger partial charge in [0, 0.05) is 19.1 Å². The highest BCUT2D eigenvalue weighted by molar-refractivity contribution is 6.09. The number of likely N-dealkylation sites (N-methyl/N-ethyl adjacent to an activating group) is 1. The van der Waals surface area contributed by atoms with Gasteiger partial charge in [-0.3, -0.25) is 10.7 Å². The molecule has 0 aromatic heterocycles. The molecule has 0 bridgehead atoms. The number of nitrogens with one attached hydrogen (secondary N) is 2. The highest BCUT2D eigenvalue weighted by atomic mass is 16.2. The third-order valence-electron chi connectivity index (χ3n) is 3.67. The second kappa shape index (κ2) is 3.59. The Morgan fingerprint density at radius 2 is 2.44 bits per heavy atom. The standard InChI is InChI=1S/C11H18N4O/c1-4-5-15-10(16)13-9(12)11(15)6-8(2)14(3)7-11/h4,8H,1,5-7H2,2-3H3,(H2,12,13,16). The van der Waals surface area contributed by atoms with E-state index < -0.39 is 5.54 Å². The molecule has 2 fully saturated rings. The van der Waals surface area contributed by atoms with E-state index in [9.17, 15) is 4.79 Å². The van der Waals surface area contributed by atoms with Crippen LogP contribution >= 0.6 is 0 Å². The maximum absolute atomic E-state index is 11.8. The van der Waals surface area contributed by atoms with Crippen molar-refractivity contribution in [3.8, 4) is 0 Å². The van der Waals surface area contributed by atoms with E-state index >= 15 is 0 Å². The molecule has 0 aromatic rings. The van der Waals surface area contributed by atoms with Crippen molar-refractivity contribution in [3.63, 3.8) is 0 Å². The van der Waals surface area contributed by atoms with Gasteiger partial charge in [-0.15, -0.1) is 6.58 Å². The number of carbonyl (C=O) groups excluding carboxylic acids is 1. The zero-order valence-corrected chi connectivity index (χ0v) is 9.79. The fourth-order valence-electron chi connectivity index (χ4n) is 2.66. The second-order valence-corrected chi connectivity index (χ2v) is 4.70. The Kier molecular flexibility index (Phi) is 2.50. The van der Waals surface area contributed by atoms with E-state index in [1.807, 2.05) is 7.05 Å². The lowest BCUT2D eigenvalue weighted by molar-refractivity contribution is 0.184. The molecule has 88 valence electrons. The van der Waals surface area contributed by atoms with Crippen LogP contribution in [0, 0.1) is 5.41 Å². The van der Waals surface area contributed by atoms with Crippen molar-refractivity contribution in [3.05, 3.63) is 12.7 Å². The van der Waals surface area contributed by atoms with Gasteiger partial charge in [0.25, 0.3) is 0 Å². The normalized spacial score (nSPS) is 34.9. The predicted octanol–water partition coefficient (Wildman–Crippen LogP) is 0.638. The van der Waals surface area contributed by atoms with Gasteiger partial charge >= 0.3 is 6.03 Å². The van der Waals surface area contributed by atoms with E-state index in [2.05, 4.69) is 23.7 Å². The van der Waals surface area contributed by atoms with Gasteiger partial charge in [0.05, 0.1) is 0 Å². The highest BCUT2D eigenvalue weighted by Gasteiger charge is 2.54. The maximum Gasteiger partial charge on any atom is 0.323 e. The van der Waals surface area contributed by atoms with Gasteiger partial charge in [-0.05, 0) is 20.4 Å². The van der Waals surface area contributed by atoms with Crippen LogP contribution in [0.2, 0.25) is 0 Å². The summed E-state index contributed by atoms with van der Waals surface area (Å²) >= 11 is 0. The molecule has 2 atom stereocenters. The summed E-state index contributed by atoms with van der Waals surface area (Å²) in [7, 11) is 2.03. The van der Waals surface area contributed by atoms with Gasteiger partial charge in [0.1, 0.15) is 11.4 Å². The Hall–Kier alpha value is -1.36. The van der Waals surface area contributed by atoms with Crippen molar-refractivity contribution in [2.45, 2.75) is 24.9 Å². The minimum atomic E-state index is -0.459. The first-order valence-corrected chi connectivity index (χ1v) is 5.50. The molecule has 2 heterocycles. The smallest absolute Gasteiger partial charge is 0.307 e. The molecule has 0 aromatic carbocycles. The Morgan fingerprint density at radius 1 is 1.75 bits per heavy atom. The number of hydrogen-bond acceptors (Lipinski definition) is 3. The Balaban J connectivity index is 2.33. The summed E-state index contributed by atoms with van der Waals surface area (Å²) in [4.78, 5) is 15.7. The molecule has 2 unspecified atom stereocenters. The Labute approximate surface area is 95.6 Å². The quantitative estimate of drug-likeness (QED) is 0.673. The Morgan fingerprint density at radius 3 is 2.94 bits per heavy atom. The average molecular weight is 222 g/mol. The lowest BCUT2D eigenvalue weighted by atomic mass is 9.94. The second-order valence-electron chi connectivity index (χ2n) is 4.70. The van der Waals surface area contributed by atoms with Crippen molar-refractivity contribution in [1.29, 1.82) is 5.41 Å². The van der Waals surface area contributed by atoms with Crippen molar-refractivity contribution in [2.75, 3.05) is 20.1 Å². The molecule has 2 saturated heterocycles. The number of amides is 2. The van der Waals surface area contributed by atoms with E-state index in [0.717, 1.165) is 13.0 Å². The molecule has 1 spiro atoms. The molecule has 5 heteroatoms. The molecule has 0 saturated carbocycles. The summed E-state index contributed by atoms with van der Waals surface area (Å²) in [5.41, 5.74) is -0.459. The first-order valence-electron chi connectivity index (χ1n) is 5.50. The van der Waals surface area contributed by atoms with E-state index in [0.29, 0.717) is 18.4 Å². The van der Waals surface area contributed by atoms with Crippen LogP contribution in [0.15, 0.2) is 12.7 Å². The fraction of sp³-hybridized carbons (Fsp3) is 0.636. The lowest BCUT2D eigenvalue weighted by Gasteiger charge is -2.31. The van der Waals surface area contributed by atoms with Crippen LogP contribution in [-0.2, 0) is 0 Å². The number of amidine groups is 1. The van der Waals surface area contributed by atoms with Crippen LogP contribution in [0.5, 0.6) is 0 Å². The molecule has 5 nitrogen and oxygen atoms in total. The van der Waals surface area contributed by atoms with Gasteiger partial charge in [-0.1, -0.05) is 6.08 Å². The van der Waals surface area contributed by atoms with Crippen molar-refractivity contribution in [2.24, 2.45) is 0 Å². The van der Waals surface area contributed by atoms with Crippen molar-refractivity contribution >= 4 is 11.9 Å². The van der Waals surface area contributed by atoms with E-state index in [-0.39, 0.29) is 6.03 Å². The predicted molar refractivity (Wildman–Crippen MR) is 62.6 cm³/mol. The Bertz CT molecular complexity index is 342. The van der Waals surface area contributed by atoms with Gasteiger partial charge < -0.3 is 9.80 Å². The van der Waals surface area contributed by atoms with Gasteiger partial charge in [-0.25, -0.2) is 4.79 Å². The lowest BCUT2D eigenvalue weighted by Crippen LogP contribution is -2.51. The topological polar surface area (TPSA) is 59.4 Å². The highest BCUT2D eigenvalue weighted by Crippen LogP contribution is 2.35. The van der Waals surface area contributed by atoms with E-state index in [4.69, 9.17) is 5.41 Å². The summed E-state index contributed by atoms with van der Waals surface area (Å²) in [6, 6.07) is 0.216. The molecule has 2 aliphatic heterocycles. The number of nitrogens with zero attached hydrogens (tertiary/aromatic N) is 2. The average Bonchev–Trinajstić information content (AvgIpc) is 2.61. The molecular weight excluding hydrogens is 204 g/mol. The van der Waals surface area contributed by atoms with Crippen LogP contribution < -0.4 is 5.32 Å². The number of hydrogen-bond donors (Lipinski definition) is 2. The number of carbonyl (C=O) groups is 1. The minimum Gasteiger partial charge on any atom is -0.307 e. The first-order chi connectivity index (χ1) is 7.51. The largest absolute Gasteiger partial charge is 0.323 e. The number of urea groups is 1. The van der Waals surface area contributed by atoms with Crippen LogP contribution in [-0.4, -0.2) is 53.4 Å². The summed E-state index contributed by atoms with van der Waals surface area (Å²) in [5.74, 6) is 0.329. The zero-order valence-electron chi connectivity index (χ0n) is 9.79. The summed E-state index contributed by atoms with van der Waals surface area (Å²) in [5, 5.41) is 10.6. The third-order valence-corrected chi connectivity index (χ3v) is 3.67.